The fourth-order valence-corrected chi connectivity index (χ4v) is 3.30. The number of hydrogen-bond acceptors (Lipinski definition) is 2. The lowest BCUT2D eigenvalue weighted by atomic mass is 10.0. The van der Waals surface area contributed by atoms with Crippen LogP contribution in [0.1, 0.15) is 51.5 Å². The topological polar surface area (TPSA) is 15.3 Å². The van der Waals surface area contributed by atoms with Gasteiger partial charge in [0, 0.05) is 30.4 Å². The number of nitrogens with one attached hydrogen (secondary N) is 1. The van der Waals surface area contributed by atoms with Crippen molar-refractivity contribution >= 4 is 5.69 Å². The summed E-state index contributed by atoms with van der Waals surface area (Å²) in [4.78, 5) is 2.70. The van der Waals surface area contributed by atoms with Gasteiger partial charge in [0.05, 0.1) is 0 Å². The largest absolute Gasteiger partial charge is 0.381 e. The van der Waals surface area contributed by atoms with Crippen LogP contribution in [0.2, 0.25) is 0 Å². The Morgan fingerprint density at radius 3 is 2.74 bits per heavy atom. The Bertz CT molecular complexity index is 437. The van der Waals surface area contributed by atoms with E-state index in [1.54, 1.807) is 0 Å². The van der Waals surface area contributed by atoms with E-state index in [0.29, 0.717) is 12.0 Å². The van der Waals surface area contributed by atoms with Crippen LogP contribution in [-0.4, -0.2) is 29.6 Å². The molecule has 0 spiro atoms. The predicted molar refractivity (Wildman–Crippen MR) is 81.7 cm³/mol. The van der Waals surface area contributed by atoms with Gasteiger partial charge in [-0.3, -0.25) is 4.90 Å². The van der Waals surface area contributed by atoms with Crippen LogP contribution < -0.4 is 5.32 Å². The second-order valence-electron chi connectivity index (χ2n) is 6.63. The van der Waals surface area contributed by atoms with Crippen molar-refractivity contribution in [1.82, 2.24) is 4.90 Å². The summed E-state index contributed by atoms with van der Waals surface area (Å²) in [6, 6.07) is 11.2. The summed E-state index contributed by atoms with van der Waals surface area (Å²) >= 11 is 0. The predicted octanol–water partition coefficient (Wildman–Crippen LogP) is 3.85. The third-order valence-corrected chi connectivity index (χ3v) is 4.56. The van der Waals surface area contributed by atoms with Crippen LogP contribution in [0.25, 0.3) is 0 Å². The minimum Gasteiger partial charge on any atom is -0.381 e. The summed E-state index contributed by atoms with van der Waals surface area (Å²) in [6.07, 6.45) is 4.11. The second kappa shape index (κ2) is 5.16. The van der Waals surface area contributed by atoms with Gasteiger partial charge in [-0.2, -0.15) is 0 Å². The Hall–Kier alpha value is -1.02. The molecule has 0 bridgehead atoms. The summed E-state index contributed by atoms with van der Waals surface area (Å²) in [5, 5.41) is 3.74. The van der Waals surface area contributed by atoms with Crippen LogP contribution in [0.4, 0.5) is 5.69 Å². The van der Waals surface area contributed by atoms with Crippen molar-refractivity contribution in [1.29, 1.82) is 0 Å². The molecule has 0 aromatic heterocycles. The van der Waals surface area contributed by atoms with Crippen molar-refractivity contribution in [3.05, 3.63) is 29.8 Å². The van der Waals surface area contributed by atoms with E-state index in [4.69, 9.17) is 0 Å². The maximum Gasteiger partial charge on any atom is 0.0403 e. The SMILES string of the molecule is CC(C)c1cccc(NC2CC(C)N(C3CC3)C2)c1. The highest BCUT2D eigenvalue weighted by Crippen LogP contribution is 2.34. The van der Waals surface area contributed by atoms with Gasteiger partial charge in [0.15, 0.2) is 0 Å². The van der Waals surface area contributed by atoms with Gasteiger partial charge in [0.2, 0.25) is 0 Å². The molecule has 2 unspecified atom stereocenters. The molecule has 1 heterocycles. The molecular weight excluding hydrogens is 232 g/mol. The smallest absolute Gasteiger partial charge is 0.0403 e. The first-order chi connectivity index (χ1) is 9.13. The zero-order chi connectivity index (χ0) is 13.4. The Labute approximate surface area is 117 Å². The summed E-state index contributed by atoms with van der Waals surface area (Å²) in [5.41, 5.74) is 2.72. The zero-order valence-electron chi connectivity index (χ0n) is 12.4. The fraction of sp³-hybridized carbons (Fsp3) is 0.647. The van der Waals surface area contributed by atoms with Crippen molar-refractivity contribution in [3.63, 3.8) is 0 Å². The van der Waals surface area contributed by atoms with Gasteiger partial charge < -0.3 is 5.32 Å². The first-order valence-corrected chi connectivity index (χ1v) is 7.75. The van der Waals surface area contributed by atoms with Crippen LogP contribution in [0, 0.1) is 0 Å². The number of rotatable bonds is 4. The van der Waals surface area contributed by atoms with Crippen molar-refractivity contribution in [3.8, 4) is 0 Å². The minimum atomic E-state index is 0.604. The molecule has 2 fully saturated rings. The number of benzene rings is 1. The number of hydrogen-bond donors (Lipinski definition) is 1. The summed E-state index contributed by atoms with van der Waals surface area (Å²) in [6.45, 7) is 8.11. The van der Waals surface area contributed by atoms with E-state index in [1.807, 2.05) is 0 Å². The summed E-state index contributed by atoms with van der Waals surface area (Å²) < 4.78 is 0. The standard InChI is InChI=1S/C17H26N2/c1-12(2)14-5-4-6-15(10-14)18-16-9-13(3)19(11-16)17-7-8-17/h4-6,10,12-13,16-18H,7-9,11H2,1-3H3. The van der Waals surface area contributed by atoms with Gasteiger partial charge >= 0.3 is 0 Å². The second-order valence-corrected chi connectivity index (χ2v) is 6.63. The molecule has 0 radical (unpaired) electrons. The molecule has 2 heteroatoms. The molecule has 2 aliphatic rings. The maximum atomic E-state index is 3.74. The highest BCUT2D eigenvalue weighted by Gasteiger charge is 2.38. The van der Waals surface area contributed by atoms with Crippen molar-refractivity contribution < 1.29 is 0 Å². The van der Waals surface area contributed by atoms with E-state index >= 15 is 0 Å². The van der Waals surface area contributed by atoms with Crippen LogP contribution in [0.3, 0.4) is 0 Å². The molecular formula is C17H26N2. The highest BCUT2D eigenvalue weighted by atomic mass is 15.3. The monoisotopic (exact) mass is 258 g/mol. The first-order valence-electron chi connectivity index (χ1n) is 7.75. The number of likely N-dealkylation sites (tertiary alicyclic amines) is 1. The van der Waals surface area contributed by atoms with Crippen molar-refractivity contribution in [2.75, 3.05) is 11.9 Å². The third kappa shape index (κ3) is 2.94. The van der Waals surface area contributed by atoms with Gasteiger partial charge in [-0.25, -0.2) is 0 Å². The fourth-order valence-electron chi connectivity index (χ4n) is 3.30. The highest BCUT2D eigenvalue weighted by molar-refractivity contribution is 5.47. The van der Waals surface area contributed by atoms with Crippen molar-refractivity contribution in [2.24, 2.45) is 0 Å². The van der Waals surface area contributed by atoms with Crippen LogP contribution in [-0.2, 0) is 0 Å². The molecule has 104 valence electrons. The van der Waals surface area contributed by atoms with Crippen LogP contribution >= 0.6 is 0 Å². The minimum absolute atomic E-state index is 0.604. The Morgan fingerprint density at radius 2 is 2.05 bits per heavy atom. The molecule has 3 rings (SSSR count). The van der Waals surface area contributed by atoms with Gasteiger partial charge in [-0.05, 0) is 49.8 Å². The van der Waals surface area contributed by atoms with E-state index in [1.165, 1.54) is 37.1 Å². The molecule has 1 aromatic rings. The van der Waals surface area contributed by atoms with E-state index in [2.05, 4.69) is 55.3 Å². The van der Waals surface area contributed by atoms with E-state index in [9.17, 15) is 0 Å². The van der Waals surface area contributed by atoms with Crippen LogP contribution in [0.5, 0.6) is 0 Å². The molecule has 19 heavy (non-hydrogen) atoms. The molecule has 1 N–H and O–H groups in total. The average molecular weight is 258 g/mol. The van der Waals surface area contributed by atoms with E-state index < -0.39 is 0 Å². The maximum absolute atomic E-state index is 3.74. The normalized spacial score (nSPS) is 28.0. The number of nitrogens with zero attached hydrogens (tertiary/aromatic N) is 1. The summed E-state index contributed by atoms with van der Waals surface area (Å²) in [5.74, 6) is 0.604. The molecule has 1 saturated heterocycles. The summed E-state index contributed by atoms with van der Waals surface area (Å²) in [7, 11) is 0. The quantitative estimate of drug-likeness (QED) is 0.882. The third-order valence-electron chi connectivity index (χ3n) is 4.56. The Balaban J connectivity index is 1.63. The van der Waals surface area contributed by atoms with Gasteiger partial charge in [0.1, 0.15) is 0 Å². The molecule has 1 aromatic carbocycles. The molecule has 2 atom stereocenters. The zero-order valence-corrected chi connectivity index (χ0v) is 12.4. The molecule has 0 amide bonds. The van der Waals surface area contributed by atoms with Gasteiger partial charge in [-0.15, -0.1) is 0 Å². The van der Waals surface area contributed by atoms with Gasteiger partial charge in [-0.1, -0.05) is 26.0 Å². The lowest BCUT2D eigenvalue weighted by molar-refractivity contribution is 0.257. The Morgan fingerprint density at radius 1 is 1.26 bits per heavy atom. The van der Waals surface area contributed by atoms with Crippen LogP contribution in [0.15, 0.2) is 24.3 Å². The Kier molecular flexibility index (Phi) is 3.53. The van der Waals surface area contributed by atoms with E-state index in [0.717, 1.165) is 12.1 Å². The van der Waals surface area contributed by atoms with Gasteiger partial charge in [0.25, 0.3) is 0 Å². The molecule has 1 aliphatic carbocycles. The van der Waals surface area contributed by atoms with E-state index in [-0.39, 0.29) is 0 Å². The average Bonchev–Trinajstić information content (AvgIpc) is 3.15. The molecule has 1 aliphatic heterocycles. The van der Waals surface area contributed by atoms with Crippen molar-refractivity contribution in [2.45, 2.75) is 64.1 Å². The lowest BCUT2D eigenvalue weighted by Gasteiger charge is -2.20. The lowest BCUT2D eigenvalue weighted by Crippen LogP contribution is -2.31. The number of anilines is 1. The molecule has 1 saturated carbocycles. The first kappa shape index (κ1) is 13.0. The molecule has 2 nitrogen and oxygen atoms in total.